The van der Waals surface area contributed by atoms with Crippen molar-refractivity contribution in [1.29, 1.82) is 0 Å². The molecule has 2 N–H and O–H groups in total. The van der Waals surface area contributed by atoms with E-state index in [9.17, 15) is 0 Å². The molecule has 0 aromatic carbocycles. The second-order valence-electron chi connectivity index (χ2n) is 6.62. The maximum atomic E-state index is 5.97. The third kappa shape index (κ3) is 3.21. The summed E-state index contributed by atoms with van der Waals surface area (Å²) in [5.41, 5.74) is 6.56. The van der Waals surface area contributed by atoms with Gasteiger partial charge in [0.1, 0.15) is 0 Å². The molecular formula is C14H28N2. The van der Waals surface area contributed by atoms with Crippen LogP contribution in [0.1, 0.15) is 58.8 Å². The standard InChI is InChI=1S/C14H28N2/c1-14(2)8-3-4-13(5-9-14)16-10-6-12(15)7-11-16/h12-13H,3-11,15H2,1-2H3. The van der Waals surface area contributed by atoms with Gasteiger partial charge in [-0.15, -0.1) is 0 Å². The summed E-state index contributed by atoms with van der Waals surface area (Å²) in [6, 6.07) is 1.33. The molecule has 0 radical (unpaired) electrons. The topological polar surface area (TPSA) is 29.3 Å². The summed E-state index contributed by atoms with van der Waals surface area (Å²) in [7, 11) is 0. The molecule has 16 heavy (non-hydrogen) atoms. The smallest absolute Gasteiger partial charge is 0.00954 e. The third-order valence-corrected chi connectivity index (χ3v) is 4.64. The number of nitrogens with two attached hydrogens (primary N) is 1. The summed E-state index contributed by atoms with van der Waals surface area (Å²) in [6.07, 6.45) is 9.47. The molecular weight excluding hydrogens is 196 g/mol. The van der Waals surface area contributed by atoms with Gasteiger partial charge in [-0.1, -0.05) is 20.3 Å². The van der Waals surface area contributed by atoms with Gasteiger partial charge in [0.25, 0.3) is 0 Å². The van der Waals surface area contributed by atoms with Crippen LogP contribution in [0.15, 0.2) is 0 Å². The maximum absolute atomic E-state index is 5.97. The Hall–Kier alpha value is -0.0800. The summed E-state index contributed by atoms with van der Waals surface area (Å²) in [5.74, 6) is 0. The van der Waals surface area contributed by atoms with Gasteiger partial charge in [0, 0.05) is 12.1 Å². The molecule has 0 amide bonds. The number of piperidine rings is 1. The van der Waals surface area contributed by atoms with Gasteiger partial charge >= 0.3 is 0 Å². The highest BCUT2D eigenvalue weighted by Gasteiger charge is 2.29. The molecule has 2 fully saturated rings. The molecule has 2 aliphatic rings. The van der Waals surface area contributed by atoms with E-state index in [1.54, 1.807) is 0 Å². The van der Waals surface area contributed by atoms with Crippen LogP contribution in [0.2, 0.25) is 0 Å². The molecule has 1 aliphatic heterocycles. The zero-order chi connectivity index (χ0) is 11.6. The predicted octanol–water partition coefficient (Wildman–Crippen LogP) is 2.77. The number of likely N-dealkylation sites (tertiary alicyclic amines) is 1. The monoisotopic (exact) mass is 224 g/mol. The van der Waals surface area contributed by atoms with Crippen molar-refractivity contribution < 1.29 is 0 Å². The Morgan fingerprint density at radius 2 is 1.69 bits per heavy atom. The summed E-state index contributed by atoms with van der Waals surface area (Å²) < 4.78 is 0. The molecule has 1 atom stereocenters. The van der Waals surface area contributed by atoms with Crippen molar-refractivity contribution in [3.63, 3.8) is 0 Å². The first-order valence-corrected chi connectivity index (χ1v) is 7.06. The number of hydrogen-bond acceptors (Lipinski definition) is 2. The first-order valence-electron chi connectivity index (χ1n) is 7.06. The lowest BCUT2D eigenvalue weighted by atomic mass is 9.85. The van der Waals surface area contributed by atoms with Crippen LogP contribution in [0.5, 0.6) is 0 Å². The van der Waals surface area contributed by atoms with Gasteiger partial charge in [0.15, 0.2) is 0 Å². The minimum Gasteiger partial charge on any atom is -0.328 e. The highest BCUT2D eigenvalue weighted by molar-refractivity contribution is 4.84. The lowest BCUT2D eigenvalue weighted by Gasteiger charge is -2.36. The average molecular weight is 224 g/mol. The molecule has 1 aliphatic carbocycles. The van der Waals surface area contributed by atoms with E-state index in [-0.39, 0.29) is 0 Å². The van der Waals surface area contributed by atoms with E-state index in [1.165, 1.54) is 58.0 Å². The van der Waals surface area contributed by atoms with Crippen LogP contribution in [0.4, 0.5) is 0 Å². The Balaban J connectivity index is 1.85. The second kappa shape index (κ2) is 5.05. The molecule has 1 saturated carbocycles. The quantitative estimate of drug-likeness (QED) is 0.694. The number of nitrogens with zero attached hydrogens (tertiary/aromatic N) is 1. The molecule has 0 bridgehead atoms. The fourth-order valence-electron chi connectivity index (χ4n) is 3.29. The highest BCUT2D eigenvalue weighted by Crippen LogP contribution is 2.35. The average Bonchev–Trinajstić information content (AvgIpc) is 2.41. The Morgan fingerprint density at radius 1 is 1.00 bits per heavy atom. The molecule has 1 unspecified atom stereocenters. The summed E-state index contributed by atoms with van der Waals surface area (Å²) in [5, 5.41) is 0. The minimum atomic E-state index is 0.471. The molecule has 2 nitrogen and oxygen atoms in total. The van der Waals surface area contributed by atoms with Gasteiger partial charge < -0.3 is 10.6 Å². The molecule has 94 valence electrons. The van der Waals surface area contributed by atoms with Crippen molar-refractivity contribution in [1.82, 2.24) is 4.90 Å². The van der Waals surface area contributed by atoms with E-state index in [2.05, 4.69) is 18.7 Å². The van der Waals surface area contributed by atoms with Crippen LogP contribution in [-0.4, -0.2) is 30.1 Å². The normalized spacial score (nSPS) is 33.6. The van der Waals surface area contributed by atoms with E-state index in [0.717, 1.165) is 6.04 Å². The lowest BCUT2D eigenvalue weighted by Crippen LogP contribution is -2.44. The molecule has 2 rings (SSSR count). The molecule has 2 heteroatoms. The summed E-state index contributed by atoms with van der Waals surface area (Å²) in [6.45, 7) is 7.35. The van der Waals surface area contributed by atoms with Crippen LogP contribution >= 0.6 is 0 Å². The predicted molar refractivity (Wildman–Crippen MR) is 69.4 cm³/mol. The van der Waals surface area contributed by atoms with Crippen LogP contribution < -0.4 is 5.73 Å². The fourth-order valence-corrected chi connectivity index (χ4v) is 3.29. The molecule has 0 aromatic rings. The van der Waals surface area contributed by atoms with Crippen LogP contribution in [0, 0.1) is 5.41 Å². The number of hydrogen-bond donors (Lipinski definition) is 1. The van der Waals surface area contributed by atoms with E-state index in [4.69, 9.17) is 5.73 Å². The first kappa shape index (κ1) is 12.4. The van der Waals surface area contributed by atoms with Crippen molar-refractivity contribution in [3.8, 4) is 0 Å². The van der Waals surface area contributed by atoms with Crippen molar-refractivity contribution in [2.75, 3.05) is 13.1 Å². The van der Waals surface area contributed by atoms with E-state index >= 15 is 0 Å². The van der Waals surface area contributed by atoms with E-state index in [0.29, 0.717) is 11.5 Å². The second-order valence-corrected chi connectivity index (χ2v) is 6.62. The Labute approximate surface area is 101 Å². The maximum Gasteiger partial charge on any atom is 0.00954 e. The van der Waals surface area contributed by atoms with Crippen molar-refractivity contribution >= 4 is 0 Å². The minimum absolute atomic E-state index is 0.471. The van der Waals surface area contributed by atoms with Crippen molar-refractivity contribution in [3.05, 3.63) is 0 Å². The zero-order valence-corrected chi connectivity index (χ0v) is 11.0. The van der Waals surface area contributed by atoms with Gasteiger partial charge in [0.2, 0.25) is 0 Å². The summed E-state index contributed by atoms with van der Waals surface area (Å²) in [4.78, 5) is 2.71. The van der Waals surface area contributed by atoms with Gasteiger partial charge in [-0.25, -0.2) is 0 Å². The van der Waals surface area contributed by atoms with Crippen LogP contribution in [-0.2, 0) is 0 Å². The SMILES string of the molecule is CC1(C)CCCC(N2CCC(N)CC2)CC1. The van der Waals surface area contributed by atoms with Crippen LogP contribution in [0.3, 0.4) is 0 Å². The first-order chi connectivity index (χ1) is 7.57. The van der Waals surface area contributed by atoms with Crippen LogP contribution in [0.25, 0.3) is 0 Å². The largest absolute Gasteiger partial charge is 0.328 e. The summed E-state index contributed by atoms with van der Waals surface area (Å²) >= 11 is 0. The Bertz CT molecular complexity index is 217. The van der Waals surface area contributed by atoms with Gasteiger partial charge in [-0.2, -0.15) is 0 Å². The van der Waals surface area contributed by atoms with Gasteiger partial charge in [-0.3, -0.25) is 0 Å². The number of rotatable bonds is 1. The van der Waals surface area contributed by atoms with Crippen molar-refractivity contribution in [2.24, 2.45) is 11.1 Å². The fraction of sp³-hybridized carbons (Fsp3) is 1.00. The van der Waals surface area contributed by atoms with Crippen molar-refractivity contribution in [2.45, 2.75) is 70.9 Å². The van der Waals surface area contributed by atoms with E-state index in [1.807, 2.05) is 0 Å². The lowest BCUT2D eigenvalue weighted by molar-refractivity contribution is 0.137. The van der Waals surface area contributed by atoms with E-state index < -0.39 is 0 Å². The highest BCUT2D eigenvalue weighted by atomic mass is 15.2. The van der Waals surface area contributed by atoms with Gasteiger partial charge in [-0.05, 0) is 57.0 Å². The molecule has 1 saturated heterocycles. The Kier molecular flexibility index (Phi) is 3.91. The molecule has 1 heterocycles. The third-order valence-electron chi connectivity index (χ3n) is 4.64. The van der Waals surface area contributed by atoms with Gasteiger partial charge in [0.05, 0.1) is 0 Å². The zero-order valence-electron chi connectivity index (χ0n) is 11.0. The molecule has 0 aromatic heterocycles. The molecule has 0 spiro atoms. The Morgan fingerprint density at radius 3 is 2.38 bits per heavy atom.